The Bertz CT molecular complexity index is 1240. The minimum atomic E-state index is -0.431. The van der Waals surface area contributed by atoms with Crippen LogP contribution in [-0.4, -0.2) is 32.3 Å². The summed E-state index contributed by atoms with van der Waals surface area (Å²) in [6.07, 6.45) is 1.66. The SMILES string of the molecule is CC(NC(=O)CSc1nnc(-c2ccco2)n1CCC(N)=O)c1ccc(-c2ccccc2)cc1. The summed E-state index contributed by atoms with van der Waals surface area (Å²) in [4.78, 5) is 23.9. The molecule has 2 aromatic heterocycles. The van der Waals surface area contributed by atoms with E-state index in [1.807, 2.05) is 37.3 Å². The third-order valence-corrected chi connectivity index (χ3v) is 6.23. The van der Waals surface area contributed by atoms with E-state index < -0.39 is 5.91 Å². The number of thioether (sulfide) groups is 1. The molecule has 0 aliphatic rings. The van der Waals surface area contributed by atoms with Gasteiger partial charge in [0, 0.05) is 13.0 Å². The maximum atomic E-state index is 12.6. The van der Waals surface area contributed by atoms with E-state index in [-0.39, 0.29) is 24.1 Å². The molecule has 0 aliphatic heterocycles. The van der Waals surface area contributed by atoms with Crippen molar-refractivity contribution in [3.63, 3.8) is 0 Å². The number of amides is 2. The fourth-order valence-corrected chi connectivity index (χ4v) is 4.27. The van der Waals surface area contributed by atoms with Crippen LogP contribution in [0.25, 0.3) is 22.7 Å². The van der Waals surface area contributed by atoms with Crippen LogP contribution in [0.15, 0.2) is 82.6 Å². The molecule has 1 atom stereocenters. The van der Waals surface area contributed by atoms with E-state index >= 15 is 0 Å². The van der Waals surface area contributed by atoms with Crippen LogP contribution < -0.4 is 11.1 Å². The summed E-state index contributed by atoms with van der Waals surface area (Å²) in [5.41, 5.74) is 8.61. The van der Waals surface area contributed by atoms with Crippen LogP contribution in [-0.2, 0) is 16.1 Å². The smallest absolute Gasteiger partial charge is 0.230 e. The number of nitrogens with zero attached hydrogens (tertiary/aromatic N) is 3. The fourth-order valence-electron chi connectivity index (χ4n) is 3.50. The summed E-state index contributed by atoms with van der Waals surface area (Å²) in [5.74, 6) is 0.606. The molecule has 0 radical (unpaired) electrons. The second-order valence-corrected chi connectivity index (χ2v) is 8.66. The fraction of sp³-hybridized carbons (Fsp3) is 0.200. The molecule has 8 nitrogen and oxygen atoms in total. The largest absolute Gasteiger partial charge is 0.461 e. The van der Waals surface area contributed by atoms with E-state index in [2.05, 4.69) is 39.8 Å². The maximum Gasteiger partial charge on any atom is 0.230 e. The number of benzene rings is 2. The summed E-state index contributed by atoms with van der Waals surface area (Å²) < 4.78 is 7.16. The lowest BCUT2D eigenvalue weighted by Crippen LogP contribution is -2.28. The van der Waals surface area contributed by atoms with Gasteiger partial charge in [0.2, 0.25) is 11.8 Å². The molecule has 174 valence electrons. The highest BCUT2D eigenvalue weighted by molar-refractivity contribution is 7.99. The Balaban J connectivity index is 1.37. The molecule has 0 fully saturated rings. The van der Waals surface area contributed by atoms with E-state index in [1.165, 1.54) is 18.0 Å². The molecule has 2 amide bonds. The first-order chi connectivity index (χ1) is 16.5. The summed E-state index contributed by atoms with van der Waals surface area (Å²) >= 11 is 1.25. The summed E-state index contributed by atoms with van der Waals surface area (Å²) in [6, 6.07) is 21.7. The molecule has 4 rings (SSSR count). The van der Waals surface area contributed by atoms with Crippen LogP contribution in [0.5, 0.6) is 0 Å². The van der Waals surface area contributed by atoms with Crippen molar-refractivity contribution >= 4 is 23.6 Å². The number of hydrogen-bond acceptors (Lipinski definition) is 6. The molecule has 3 N–H and O–H groups in total. The monoisotopic (exact) mass is 475 g/mol. The van der Waals surface area contributed by atoms with Crippen LogP contribution in [0.2, 0.25) is 0 Å². The van der Waals surface area contributed by atoms with E-state index in [4.69, 9.17) is 10.2 Å². The molecule has 2 aromatic carbocycles. The van der Waals surface area contributed by atoms with Crippen LogP contribution in [0.1, 0.15) is 24.9 Å². The van der Waals surface area contributed by atoms with E-state index in [9.17, 15) is 9.59 Å². The van der Waals surface area contributed by atoms with Gasteiger partial charge in [0.05, 0.1) is 18.1 Å². The first-order valence-corrected chi connectivity index (χ1v) is 11.8. The van der Waals surface area contributed by atoms with Gasteiger partial charge in [0.25, 0.3) is 0 Å². The number of aromatic nitrogens is 3. The van der Waals surface area contributed by atoms with Gasteiger partial charge in [-0.25, -0.2) is 0 Å². The molecule has 4 aromatic rings. The topological polar surface area (TPSA) is 116 Å². The Labute approximate surface area is 201 Å². The molecule has 1 unspecified atom stereocenters. The number of furan rings is 1. The average molecular weight is 476 g/mol. The van der Waals surface area contributed by atoms with E-state index in [1.54, 1.807) is 16.7 Å². The highest BCUT2D eigenvalue weighted by Gasteiger charge is 2.18. The number of carbonyl (C=O) groups excluding carboxylic acids is 2. The zero-order valence-electron chi connectivity index (χ0n) is 18.7. The Hall–Kier alpha value is -3.85. The molecule has 0 bridgehead atoms. The molecular formula is C25H25N5O3S. The normalized spacial score (nSPS) is 11.8. The third kappa shape index (κ3) is 5.74. The molecule has 34 heavy (non-hydrogen) atoms. The molecular weight excluding hydrogens is 450 g/mol. The Morgan fingerprint density at radius 2 is 1.76 bits per heavy atom. The zero-order chi connectivity index (χ0) is 23.9. The molecule has 9 heteroatoms. The second kappa shape index (κ2) is 10.8. The average Bonchev–Trinajstić information content (AvgIpc) is 3.52. The molecule has 0 saturated heterocycles. The van der Waals surface area contributed by atoms with E-state index in [0.29, 0.717) is 23.3 Å². The lowest BCUT2D eigenvalue weighted by molar-refractivity contribution is -0.119. The lowest BCUT2D eigenvalue weighted by Gasteiger charge is -2.15. The minimum absolute atomic E-state index is 0.127. The first kappa shape index (κ1) is 23.3. The number of carbonyl (C=O) groups is 2. The Kier molecular flexibility index (Phi) is 7.44. The standard InChI is InChI=1S/C25H25N5O3S/c1-17(18-9-11-20(12-10-18)19-6-3-2-4-7-19)27-23(32)16-34-25-29-28-24(21-8-5-15-33-21)30(25)14-13-22(26)31/h2-12,15,17H,13-14,16H2,1H3,(H2,26,31)(H,27,32). The highest BCUT2D eigenvalue weighted by Crippen LogP contribution is 2.25. The number of primary amides is 1. The van der Waals surface area contributed by atoms with Crippen molar-refractivity contribution in [3.8, 4) is 22.7 Å². The summed E-state index contributed by atoms with van der Waals surface area (Å²) in [5, 5.41) is 11.9. The number of nitrogens with one attached hydrogen (secondary N) is 1. The van der Waals surface area contributed by atoms with Gasteiger partial charge in [0.1, 0.15) is 0 Å². The van der Waals surface area contributed by atoms with Crippen molar-refractivity contribution in [1.82, 2.24) is 20.1 Å². The van der Waals surface area contributed by atoms with Gasteiger partial charge >= 0.3 is 0 Å². The van der Waals surface area contributed by atoms with Crippen molar-refractivity contribution < 1.29 is 14.0 Å². The van der Waals surface area contributed by atoms with Crippen LogP contribution in [0.3, 0.4) is 0 Å². The Morgan fingerprint density at radius 1 is 1.03 bits per heavy atom. The number of nitrogens with two attached hydrogens (primary N) is 1. The number of rotatable bonds is 10. The molecule has 2 heterocycles. The molecule has 0 saturated carbocycles. The maximum absolute atomic E-state index is 12.6. The van der Waals surface area contributed by atoms with Gasteiger partial charge in [-0.2, -0.15) is 0 Å². The van der Waals surface area contributed by atoms with Crippen molar-refractivity contribution in [2.45, 2.75) is 31.1 Å². The van der Waals surface area contributed by atoms with Crippen LogP contribution >= 0.6 is 11.8 Å². The third-order valence-electron chi connectivity index (χ3n) is 5.27. The van der Waals surface area contributed by atoms with E-state index in [0.717, 1.165) is 16.7 Å². The zero-order valence-corrected chi connectivity index (χ0v) is 19.5. The van der Waals surface area contributed by atoms with Gasteiger partial charge < -0.3 is 15.5 Å². The molecule has 0 aliphatic carbocycles. The quantitative estimate of drug-likeness (QED) is 0.334. The minimum Gasteiger partial charge on any atom is -0.461 e. The van der Waals surface area contributed by atoms with Gasteiger partial charge in [-0.15, -0.1) is 10.2 Å². The summed E-state index contributed by atoms with van der Waals surface area (Å²) in [7, 11) is 0. The van der Waals surface area contributed by atoms with Gasteiger partial charge in [-0.05, 0) is 35.7 Å². The second-order valence-electron chi connectivity index (χ2n) is 7.72. The number of hydrogen-bond donors (Lipinski definition) is 2. The van der Waals surface area contributed by atoms with Crippen molar-refractivity contribution in [1.29, 1.82) is 0 Å². The predicted molar refractivity (Wildman–Crippen MR) is 131 cm³/mol. The lowest BCUT2D eigenvalue weighted by atomic mass is 10.0. The van der Waals surface area contributed by atoms with Gasteiger partial charge in [-0.3, -0.25) is 14.2 Å². The van der Waals surface area contributed by atoms with Crippen LogP contribution in [0, 0.1) is 0 Å². The van der Waals surface area contributed by atoms with Crippen molar-refractivity contribution in [2.75, 3.05) is 5.75 Å². The Morgan fingerprint density at radius 3 is 2.44 bits per heavy atom. The first-order valence-electron chi connectivity index (χ1n) is 10.8. The predicted octanol–water partition coefficient (Wildman–Crippen LogP) is 4.05. The van der Waals surface area contributed by atoms with Crippen molar-refractivity contribution in [3.05, 3.63) is 78.6 Å². The van der Waals surface area contributed by atoms with Gasteiger partial charge in [0.15, 0.2) is 16.7 Å². The summed E-state index contributed by atoms with van der Waals surface area (Å²) in [6.45, 7) is 2.25. The van der Waals surface area contributed by atoms with Crippen molar-refractivity contribution in [2.24, 2.45) is 5.73 Å². The molecule has 0 spiro atoms. The van der Waals surface area contributed by atoms with Crippen LogP contribution in [0.4, 0.5) is 0 Å². The van der Waals surface area contributed by atoms with Gasteiger partial charge in [-0.1, -0.05) is 66.4 Å². The highest BCUT2D eigenvalue weighted by atomic mass is 32.2.